The molecule has 0 aliphatic heterocycles. The molecule has 0 unspecified atom stereocenters. The molecule has 0 radical (unpaired) electrons. The molecule has 3 aromatic heterocycles. The maximum Gasteiger partial charge on any atom is 0.263 e. The summed E-state index contributed by atoms with van der Waals surface area (Å²) in [4.78, 5) is 8.92. The van der Waals surface area contributed by atoms with Crippen LogP contribution in [-0.2, 0) is 13.0 Å². The summed E-state index contributed by atoms with van der Waals surface area (Å²) in [5.41, 5.74) is 6.67. The van der Waals surface area contributed by atoms with E-state index in [0.29, 0.717) is 12.3 Å². The molecule has 3 heterocycles. The van der Waals surface area contributed by atoms with Crippen molar-refractivity contribution >= 4 is 0 Å². The number of aromatic nitrogens is 6. The highest BCUT2D eigenvalue weighted by atomic mass is 19.3. The Morgan fingerprint density at radius 3 is 2.39 bits per heavy atom. The van der Waals surface area contributed by atoms with E-state index in [2.05, 4.69) is 19.7 Å². The molecule has 1 aliphatic rings. The molecule has 1 fully saturated rings. The zero-order valence-corrected chi connectivity index (χ0v) is 19.0. The number of rotatable bonds is 7. The lowest BCUT2D eigenvalue weighted by Crippen LogP contribution is -2.10. The minimum atomic E-state index is -2.47. The minimum absolute atomic E-state index is 0.0201. The van der Waals surface area contributed by atoms with Crippen LogP contribution in [0.1, 0.15) is 53.2 Å². The molecule has 0 saturated heterocycles. The quantitative estimate of drug-likeness (QED) is 0.380. The highest BCUT2D eigenvalue weighted by Gasteiger charge is 2.25. The van der Waals surface area contributed by atoms with Crippen LogP contribution >= 0.6 is 0 Å². The summed E-state index contributed by atoms with van der Waals surface area (Å²) in [7, 11) is 0. The van der Waals surface area contributed by atoms with E-state index in [9.17, 15) is 8.78 Å². The van der Waals surface area contributed by atoms with E-state index >= 15 is 0 Å². The predicted molar refractivity (Wildman–Crippen MR) is 122 cm³/mol. The SMILES string of the molecule is Cc1cc(C)n(-c2cc(Cc3c(C)c(-c4ccc(C(F)F)cc4)nn3CC3CC3)ncn2)n1. The molecular formula is C25H26F2N6. The van der Waals surface area contributed by atoms with Crippen molar-refractivity contribution in [1.29, 1.82) is 0 Å². The van der Waals surface area contributed by atoms with Crippen LogP contribution in [0.25, 0.3) is 17.1 Å². The molecule has 5 rings (SSSR count). The van der Waals surface area contributed by atoms with E-state index in [1.54, 1.807) is 18.5 Å². The number of halogens is 2. The Morgan fingerprint density at radius 1 is 1.00 bits per heavy atom. The van der Waals surface area contributed by atoms with Crippen molar-refractivity contribution in [2.75, 3.05) is 0 Å². The average molecular weight is 449 g/mol. The van der Waals surface area contributed by atoms with E-state index in [4.69, 9.17) is 5.10 Å². The summed E-state index contributed by atoms with van der Waals surface area (Å²) in [6, 6.07) is 10.4. The summed E-state index contributed by atoms with van der Waals surface area (Å²) < 4.78 is 29.9. The van der Waals surface area contributed by atoms with Crippen LogP contribution in [-0.4, -0.2) is 29.5 Å². The van der Waals surface area contributed by atoms with Gasteiger partial charge >= 0.3 is 0 Å². The number of hydrogen-bond acceptors (Lipinski definition) is 4. The van der Waals surface area contributed by atoms with Crippen molar-refractivity contribution in [1.82, 2.24) is 29.5 Å². The molecule has 0 bridgehead atoms. The van der Waals surface area contributed by atoms with Crippen molar-refractivity contribution in [2.24, 2.45) is 5.92 Å². The van der Waals surface area contributed by atoms with Crippen LogP contribution < -0.4 is 0 Å². The van der Waals surface area contributed by atoms with Crippen LogP contribution in [0.4, 0.5) is 8.78 Å². The zero-order chi connectivity index (χ0) is 23.1. The van der Waals surface area contributed by atoms with Crippen LogP contribution in [0.2, 0.25) is 0 Å². The Kier molecular flexibility index (Phi) is 5.52. The number of nitrogens with zero attached hydrogens (tertiary/aromatic N) is 6. The van der Waals surface area contributed by atoms with Crippen LogP contribution in [0, 0.1) is 26.7 Å². The van der Waals surface area contributed by atoms with Gasteiger partial charge in [0.1, 0.15) is 6.33 Å². The maximum atomic E-state index is 13.0. The van der Waals surface area contributed by atoms with Crippen molar-refractivity contribution < 1.29 is 8.78 Å². The highest BCUT2D eigenvalue weighted by Crippen LogP contribution is 2.34. The van der Waals surface area contributed by atoms with Gasteiger partial charge in [-0.3, -0.25) is 4.68 Å². The first-order valence-electron chi connectivity index (χ1n) is 11.2. The number of hydrogen-bond donors (Lipinski definition) is 0. The van der Waals surface area contributed by atoms with E-state index in [1.807, 2.05) is 37.6 Å². The smallest absolute Gasteiger partial charge is 0.263 e. The summed E-state index contributed by atoms with van der Waals surface area (Å²) in [6.07, 6.45) is 2.13. The van der Waals surface area contributed by atoms with Gasteiger partial charge in [-0.15, -0.1) is 0 Å². The van der Waals surface area contributed by atoms with Gasteiger partial charge < -0.3 is 0 Å². The third kappa shape index (κ3) is 4.42. The Hall–Kier alpha value is -3.42. The highest BCUT2D eigenvalue weighted by molar-refractivity contribution is 5.64. The fourth-order valence-electron chi connectivity index (χ4n) is 4.20. The molecule has 1 saturated carbocycles. The third-order valence-corrected chi connectivity index (χ3v) is 6.17. The predicted octanol–water partition coefficient (Wildman–Crippen LogP) is 5.39. The second kappa shape index (κ2) is 8.50. The minimum Gasteiger partial charge on any atom is -0.268 e. The zero-order valence-electron chi connectivity index (χ0n) is 19.0. The lowest BCUT2D eigenvalue weighted by atomic mass is 10.0. The van der Waals surface area contributed by atoms with Crippen LogP contribution in [0.15, 0.2) is 42.7 Å². The second-order valence-electron chi connectivity index (χ2n) is 8.85. The Labute approximate surface area is 191 Å². The molecule has 8 heteroatoms. The lowest BCUT2D eigenvalue weighted by Gasteiger charge is -2.09. The van der Waals surface area contributed by atoms with Crippen molar-refractivity contribution in [3.63, 3.8) is 0 Å². The van der Waals surface area contributed by atoms with Crippen LogP contribution in [0.5, 0.6) is 0 Å². The monoisotopic (exact) mass is 448 g/mol. The number of benzene rings is 1. The first-order chi connectivity index (χ1) is 15.9. The van der Waals surface area contributed by atoms with Gasteiger partial charge in [-0.25, -0.2) is 23.4 Å². The van der Waals surface area contributed by atoms with Gasteiger partial charge in [0.15, 0.2) is 5.82 Å². The second-order valence-corrected chi connectivity index (χ2v) is 8.85. The van der Waals surface area contributed by atoms with Gasteiger partial charge in [-0.2, -0.15) is 10.2 Å². The Morgan fingerprint density at radius 2 is 1.76 bits per heavy atom. The van der Waals surface area contributed by atoms with E-state index in [-0.39, 0.29) is 5.56 Å². The van der Waals surface area contributed by atoms with Gasteiger partial charge in [0.25, 0.3) is 6.43 Å². The summed E-state index contributed by atoms with van der Waals surface area (Å²) in [5.74, 6) is 1.38. The fourth-order valence-corrected chi connectivity index (χ4v) is 4.20. The molecule has 0 amide bonds. The molecule has 0 atom stereocenters. The maximum absolute atomic E-state index is 13.0. The molecule has 0 spiro atoms. The van der Waals surface area contributed by atoms with Crippen molar-refractivity contribution in [3.05, 3.63) is 76.6 Å². The standard InChI is InChI=1S/C25H26F2N6/c1-15-10-16(2)33(30-15)23-12-21(28-14-29-23)11-22-17(3)24(31-32(22)13-18-4-5-18)19-6-8-20(9-7-19)25(26)27/h6-10,12,14,18,25H,4-5,11,13H2,1-3H3. The molecule has 1 aromatic carbocycles. The number of alkyl halides is 2. The summed E-state index contributed by atoms with van der Waals surface area (Å²) in [5, 5.41) is 9.43. The molecule has 33 heavy (non-hydrogen) atoms. The summed E-state index contributed by atoms with van der Waals surface area (Å²) >= 11 is 0. The molecule has 1 aliphatic carbocycles. The molecular weight excluding hydrogens is 422 g/mol. The Balaban J connectivity index is 1.50. The van der Waals surface area contributed by atoms with Crippen LogP contribution in [0.3, 0.4) is 0 Å². The first kappa shape index (κ1) is 21.4. The molecule has 170 valence electrons. The largest absolute Gasteiger partial charge is 0.268 e. The van der Waals surface area contributed by atoms with Crippen molar-refractivity contribution in [3.8, 4) is 17.1 Å². The van der Waals surface area contributed by atoms with Gasteiger partial charge in [-0.05, 0) is 51.2 Å². The Bertz CT molecular complexity index is 1280. The van der Waals surface area contributed by atoms with E-state index < -0.39 is 6.43 Å². The summed E-state index contributed by atoms with van der Waals surface area (Å²) in [6.45, 7) is 6.87. The van der Waals surface area contributed by atoms with Gasteiger partial charge in [0, 0.05) is 41.5 Å². The lowest BCUT2D eigenvalue weighted by molar-refractivity contribution is 0.151. The van der Waals surface area contributed by atoms with Gasteiger partial charge in [0.05, 0.1) is 17.1 Å². The molecule has 0 N–H and O–H groups in total. The van der Waals surface area contributed by atoms with Crippen molar-refractivity contribution in [2.45, 2.75) is 53.0 Å². The van der Waals surface area contributed by atoms with Gasteiger partial charge in [-0.1, -0.05) is 24.3 Å². The fraction of sp³-hybridized carbons (Fsp3) is 0.360. The number of aryl methyl sites for hydroxylation is 2. The molecule has 6 nitrogen and oxygen atoms in total. The van der Waals surface area contributed by atoms with E-state index in [1.165, 1.54) is 25.0 Å². The van der Waals surface area contributed by atoms with E-state index in [0.717, 1.165) is 52.0 Å². The molecule has 4 aromatic rings. The first-order valence-corrected chi connectivity index (χ1v) is 11.2. The normalized spacial score (nSPS) is 13.8. The topological polar surface area (TPSA) is 61.4 Å². The third-order valence-electron chi connectivity index (χ3n) is 6.17. The average Bonchev–Trinajstić information content (AvgIpc) is 3.48. The van der Waals surface area contributed by atoms with Gasteiger partial charge in [0.2, 0.25) is 0 Å².